The van der Waals surface area contributed by atoms with E-state index in [0.29, 0.717) is 6.42 Å². The number of Topliss-reactive ketones (excluding diaryl/α,β-unsaturated/α-hetero) is 1. The Morgan fingerprint density at radius 3 is 2.46 bits per heavy atom. The van der Waals surface area contributed by atoms with Crippen molar-refractivity contribution >= 4 is 23.7 Å². The molecule has 0 amide bonds. The largest absolute Gasteiger partial charge is 0.481 e. The van der Waals surface area contributed by atoms with E-state index in [1.165, 1.54) is 12.2 Å². The average Bonchev–Trinajstić information content (AvgIpc) is 2.86. The Labute approximate surface area is 151 Å². The number of hydrogen-bond donors (Lipinski definition) is 3. The van der Waals surface area contributed by atoms with Crippen molar-refractivity contribution in [2.75, 3.05) is 7.11 Å². The maximum absolute atomic E-state index is 12.6. The van der Waals surface area contributed by atoms with E-state index in [1.54, 1.807) is 0 Å². The van der Waals surface area contributed by atoms with Crippen LogP contribution in [0.15, 0.2) is 12.2 Å². The van der Waals surface area contributed by atoms with Gasteiger partial charge in [-0.25, -0.2) is 0 Å². The number of unbranched alkanes of at least 4 members (excludes halogenated alkanes) is 2. The van der Waals surface area contributed by atoms with E-state index in [-0.39, 0.29) is 6.42 Å². The summed E-state index contributed by atoms with van der Waals surface area (Å²) >= 11 is 0. The highest BCUT2D eigenvalue weighted by molar-refractivity contribution is 6.14. The molecule has 1 aliphatic carbocycles. The van der Waals surface area contributed by atoms with E-state index >= 15 is 0 Å². The van der Waals surface area contributed by atoms with Gasteiger partial charge in [0.2, 0.25) is 0 Å². The van der Waals surface area contributed by atoms with E-state index in [2.05, 4.69) is 4.74 Å². The number of ether oxygens (including phenoxy) is 1. The Bertz CT molecular complexity index is 582. The molecule has 0 aromatic heterocycles. The van der Waals surface area contributed by atoms with Gasteiger partial charge in [0.25, 0.3) is 0 Å². The SMILES string of the molecule is CCCCCC(O)/C=C/C1CC(C(=O)O)C(=O)C1(CC(=O)OC)C(=O)O. The fourth-order valence-electron chi connectivity index (χ4n) is 3.33. The zero-order valence-corrected chi connectivity index (χ0v) is 15.0. The third-order valence-electron chi connectivity index (χ3n) is 4.88. The Hall–Kier alpha value is -2.22. The molecule has 1 saturated carbocycles. The summed E-state index contributed by atoms with van der Waals surface area (Å²) < 4.78 is 4.50. The van der Waals surface area contributed by atoms with Crippen molar-refractivity contribution in [1.29, 1.82) is 0 Å². The molecular weight excluding hydrogens is 344 g/mol. The quantitative estimate of drug-likeness (QED) is 0.227. The summed E-state index contributed by atoms with van der Waals surface area (Å²) in [5.41, 5.74) is -2.20. The first-order valence-corrected chi connectivity index (χ1v) is 8.64. The van der Waals surface area contributed by atoms with Crippen LogP contribution in [-0.4, -0.2) is 52.2 Å². The number of hydrogen-bond acceptors (Lipinski definition) is 6. The molecule has 4 unspecified atom stereocenters. The molecule has 0 aromatic carbocycles. The fourth-order valence-corrected chi connectivity index (χ4v) is 3.33. The normalized spacial score (nSPS) is 26.8. The number of carboxylic acids is 2. The van der Waals surface area contributed by atoms with Crippen molar-refractivity contribution in [1.82, 2.24) is 0 Å². The molecule has 0 radical (unpaired) electrons. The zero-order chi connectivity index (χ0) is 19.9. The number of carbonyl (C=O) groups is 4. The molecule has 1 rings (SSSR count). The lowest BCUT2D eigenvalue weighted by molar-refractivity contribution is -0.163. The Kier molecular flexibility index (Phi) is 7.95. The standard InChI is InChI=1S/C18H26O8/c1-3-4-5-6-12(19)8-7-11-9-13(16(22)23)15(21)18(11,17(24)25)10-14(20)26-2/h7-8,11-13,19H,3-6,9-10H2,1-2H3,(H,22,23)(H,24,25)/b8-7+. The van der Waals surface area contributed by atoms with E-state index in [9.17, 15) is 34.5 Å². The van der Waals surface area contributed by atoms with E-state index in [0.717, 1.165) is 26.4 Å². The number of esters is 1. The molecule has 146 valence electrons. The first-order valence-electron chi connectivity index (χ1n) is 8.64. The predicted octanol–water partition coefficient (Wildman–Crippen LogP) is 1.41. The van der Waals surface area contributed by atoms with Crippen molar-refractivity contribution in [3.8, 4) is 0 Å². The Morgan fingerprint density at radius 1 is 1.31 bits per heavy atom. The minimum absolute atomic E-state index is 0.240. The second-order valence-electron chi connectivity index (χ2n) is 6.57. The highest BCUT2D eigenvalue weighted by atomic mass is 16.5. The van der Waals surface area contributed by atoms with Gasteiger partial charge in [0.15, 0.2) is 5.78 Å². The van der Waals surface area contributed by atoms with E-state index < -0.39 is 53.5 Å². The Balaban J connectivity index is 3.14. The van der Waals surface area contributed by atoms with Crippen LogP contribution >= 0.6 is 0 Å². The summed E-state index contributed by atoms with van der Waals surface area (Å²) in [5.74, 6) is -7.44. The van der Waals surface area contributed by atoms with Crippen LogP contribution in [0.4, 0.5) is 0 Å². The highest BCUT2D eigenvalue weighted by Gasteiger charge is 2.62. The van der Waals surface area contributed by atoms with Gasteiger partial charge in [-0.3, -0.25) is 19.2 Å². The average molecular weight is 370 g/mol. The lowest BCUT2D eigenvalue weighted by Gasteiger charge is -2.26. The number of rotatable bonds is 10. The van der Waals surface area contributed by atoms with Gasteiger partial charge in [-0.2, -0.15) is 0 Å². The van der Waals surface area contributed by atoms with Gasteiger partial charge in [-0.1, -0.05) is 38.3 Å². The first kappa shape index (κ1) is 21.8. The number of aliphatic hydroxyl groups is 1. The summed E-state index contributed by atoms with van der Waals surface area (Å²) in [5, 5.41) is 28.9. The van der Waals surface area contributed by atoms with Crippen LogP contribution in [0.3, 0.4) is 0 Å². The molecule has 26 heavy (non-hydrogen) atoms. The summed E-state index contributed by atoms with van der Waals surface area (Å²) in [4.78, 5) is 47.5. The predicted molar refractivity (Wildman–Crippen MR) is 90.2 cm³/mol. The van der Waals surface area contributed by atoms with Crippen LogP contribution in [-0.2, 0) is 23.9 Å². The molecule has 0 bridgehead atoms. The lowest BCUT2D eigenvalue weighted by Crippen LogP contribution is -2.44. The topological polar surface area (TPSA) is 138 Å². The summed E-state index contributed by atoms with van der Waals surface area (Å²) in [6, 6.07) is 0. The summed E-state index contributed by atoms with van der Waals surface area (Å²) in [6.07, 6.45) is 4.11. The van der Waals surface area contributed by atoms with Crippen LogP contribution < -0.4 is 0 Å². The van der Waals surface area contributed by atoms with Crippen molar-refractivity contribution in [3.05, 3.63) is 12.2 Å². The van der Waals surface area contributed by atoms with Crippen molar-refractivity contribution in [3.63, 3.8) is 0 Å². The lowest BCUT2D eigenvalue weighted by atomic mass is 9.73. The first-order chi connectivity index (χ1) is 12.2. The smallest absolute Gasteiger partial charge is 0.318 e. The second kappa shape index (κ2) is 9.47. The molecule has 1 aliphatic rings. The summed E-state index contributed by atoms with van der Waals surface area (Å²) in [7, 11) is 1.06. The van der Waals surface area contributed by atoms with Crippen LogP contribution in [0.25, 0.3) is 0 Å². The van der Waals surface area contributed by atoms with Crippen molar-refractivity contribution in [2.45, 2.75) is 51.6 Å². The minimum Gasteiger partial charge on any atom is -0.481 e. The van der Waals surface area contributed by atoms with Crippen LogP contribution in [0, 0.1) is 17.3 Å². The minimum atomic E-state index is -2.20. The molecule has 3 N–H and O–H groups in total. The molecule has 1 fully saturated rings. The monoisotopic (exact) mass is 370 g/mol. The van der Waals surface area contributed by atoms with Gasteiger partial charge in [-0.05, 0) is 12.8 Å². The van der Waals surface area contributed by atoms with Gasteiger partial charge < -0.3 is 20.1 Å². The number of methoxy groups -OCH3 is 1. The highest BCUT2D eigenvalue weighted by Crippen LogP contribution is 2.47. The molecule has 0 aromatic rings. The van der Waals surface area contributed by atoms with E-state index in [4.69, 9.17) is 0 Å². The van der Waals surface area contributed by atoms with Crippen LogP contribution in [0.2, 0.25) is 0 Å². The van der Waals surface area contributed by atoms with Gasteiger partial charge in [0.05, 0.1) is 19.6 Å². The second-order valence-corrected chi connectivity index (χ2v) is 6.57. The molecule has 8 nitrogen and oxygen atoms in total. The zero-order valence-electron chi connectivity index (χ0n) is 15.0. The van der Waals surface area contributed by atoms with Crippen molar-refractivity contribution < 1.29 is 39.2 Å². The molecule has 0 saturated heterocycles. The molecule has 8 heteroatoms. The fraction of sp³-hybridized carbons (Fsp3) is 0.667. The van der Waals surface area contributed by atoms with Crippen LogP contribution in [0.5, 0.6) is 0 Å². The summed E-state index contributed by atoms with van der Waals surface area (Å²) in [6.45, 7) is 2.02. The van der Waals surface area contributed by atoms with Gasteiger partial charge in [-0.15, -0.1) is 0 Å². The molecule has 4 atom stereocenters. The third-order valence-corrected chi connectivity index (χ3v) is 4.88. The maximum Gasteiger partial charge on any atom is 0.318 e. The number of aliphatic carboxylic acids is 2. The van der Waals surface area contributed by atoms with E-state index in [1.807, 2.05) is 6.92 Å². The maximum atomic E-state index is 12.6. The van der Waals surface area contributed by atoms with Crippen LogP contribution in [0.1, 0.15) is 45.4 Å². The molecule has 0 aliphatic heterocycles. The number of allylic oxidation sites excluding steroid dienone is 1. The number of carboxylic acid groups (broad SMARTS) is 2. The van der Waals surface area contributed by atoms with Gasteiger partial charge in [0.1, 0.15) is 11.3 Å². The van der Waals surface area contributed by atoms with Gasteiger partial charge in [0, 0.05) is 5.92 Å². The molecular formula is C18H26O8. The molecule has 0 heterocycles. The van der Waals surface area contributed by atoms with Crippen molar-refractivity contribution in [2.24, 2.45) is 17.3 Å². The number of aliphatic hydroxyl groups excluding tert-OH is 1. The number of ketones is 1. The number of carbonyl (C=O) groups excluding carboxylic acids is 2. The third kappa shape index (κ3) is 4.69. The Morgan fingerprint density at radius 2 is 1.96 bits per heavy atom. The van der Waals surface area contributed by atoms with Gasteiger partial charge >= 0.3 is 17.9 Å². The molecule has 0 spiro atoms.